The van der Waals surface area contributed by atoms with Crippen LogP contribution in [0, 0.1) is 0 Å². The maximum atomic E-state index is 8.55. The fourth-order valence-corrected chi connectivity index (χ4v) is 0. The molecule has 0 saturated carbocycles. The Labute approximate surface area is 167 Å². The first-order valence-corrected chi connectivity index (χ1v) is 4.03. The molecule has 0 aromatic rings. The Balaban J connectivity index is -0.0000000146. The molecule has 0 atom stereocenters. The molecule has 0 fully saturated rings. The first kappa shape index (κ1) is 36.0. The summed E-state index contributed by atoms with van der Waals surface area (Å²) >= 11 is 0. The van der Waals surface area contributed by atoms with E-state index >= 15 is 0 Å². The number of rotatable bonds is 0. The van der Waals surface area contributed by atoms with Crippen molar-refractivity contribution in [3.05, 3.63) is 0 Å². The van der Waals surface area contributed by atoms with Crippen molar-refractivity contribution in [2.45, 2.75) is 0 Å². The molecule has 0 aromatic heterocycles. The smallest absolute Gasteiger partial charge is 0.822 e. The molecular formula is AlCaO7PSiSrZn+4. The second-order valence-corrected chi connectivity index (χ2v) is 2.09. The van der Waals surface area contributed by atoms with Crippen molar-refractivity contribution in [1.29, 1.82) is 0 Å². The predicted molar refractivity (Wildman–Crippen MR) is 31.3 cm³/mol. The maximum absolute atomic E-state index is 8.55. The fourth-order valence-electron chi connectivity index (χ4n) is 0. The van der Waals surface area contributed by atoms with Crippen molar-refractivity contribution in [3.8, 4) is 0 Å². The summed E-state index contributed by atoms with van der Waals surface area (Å²) in [6.45, 7) is 0. The van der Waals surface area contributed by atoms with Crippen molar-refractivity contribution < 1.29 is 52.8 Å². The molecule has 0 heterocycles. The molecule has 0 bridgehead atoms. The van der Waals surface area contributed by atoms with Gasteiger partial charge in [0.15, 0.2) is 0 Å². The van der Waals surface area contributed by atoms with Gasteiger partial charge in [0.1, 0.15) is 0 Å². The molecule has 0 aliphatic rings. The largest absolute Gasteiger partial charge is 3.00 e. The van der Waals surface area contributed by atoms with E-state index in [9.17, 15) is 0 Å². The summed E-state index contributed by atoms with van der Waals surface area (Å²) in [4.78, 5) is 42.7. The van der Waals surface area contributed by atoms with Gasteiger partial charge in [-0.25, -0.2) is 0 Å². The minimum absolute atomic E-state index is 0. The van der Waals surface area contributed by atoms with Crippen molar-refractivity contribution in [2.24, 2.45) is 0 Å². The van der Waals surface area contributed by atoms with E-state index < -0.39 is 17.0 Å². The average Bonchev–Trinajstić information content (AvgIpc) is 1.19. The Morgan fingerprint density at radius 1 is 1.08 bits per heavy atom. The second-order valence-electron chi connectivity index (χ2n) is 0.697. The molecular weight excluding hydrogens is 391 g/mol. The van der Waals surface area contributed by atoms with E-state index in [0.29, 0.717) is 0 Å². The first-order chi connectivity index (χ1) is 3.73. The Morgan fingerprint density at radius 2 is 1.08 bits per heavy atom. The van der Waals surface area contributed by atoms with Crippen molar-refractivity contribution in [2.75, 3.05) is 0 Å². The van der Waals surface area contributed by atoms with Gasteiger partial charge in [0.25, 0.3) is 0 Å². The summed E-state index contributed by atoms with van der Waals surface area (Å²) in [6, 6.07) is 0. The summed E-state index contributed by atoms with van der Waals surface area (Å²) in [5, 5.41) is 0. The van der Waals surface area contributed by atoms with Gasteiger partial charge in [0.2, 0.25) is 0 Å². The van der Waals surface area contributed by atoms with E-state index in [1.165, 1.54) is 0 Å². The molecule has 13 heavy (non-hydrogen) atoms. The van der Waals surface area contributed by atoms with Gasteiger partial charge in [-0.15, -0.1) is 0 Å². The second kappa shape index (κ2) is 21.0. The van der Waals surface area contributed by atoms with Crippen LogP contribution in [-0.2, 0) is 28.5 Å². The quantitative estimate of drug-likeness (QED) is 0.294. The van der Waals surface area contributed by atoms with Gasteiger partial charge in [0, 0.05) is 9.17 Å². The molecule has 56 valence electrons. The minimum Gasteiger partial charge on any atom is -0.822 e. The van der Waals surface area contributed by atoms with Crippen LogP contribution in [0.15, 0.2) is 0 Å². The van der Waals surface area contributed by atoms with E-state index in [1.807, 2.05) is 0 Å². The molecule has 0 saturated heterocycles. The van der Waals surface area contributed by atoms with Crippen molar-refractivity contribution >= 4 is 118 Å². The first-order valence-electron chi connectivity index (χ1n) is 1.34. The third-order valence-corrected chi connectivity index (χ3v) is 0. The molecule has 0 radical (unpaired) electrons. The summed E-state index contributed by atoms with van der Waals surface area (Å²) in [6.07, 6.45) is 0. The number of hydrogen-bond acceptors (Lipinski definition) is 7. The molecule has 0 aromatic carbocycles. The van der Waals surface area contributed by atoms with E-state index in [2.05, 4.69) is 0 Å². The molecule has 0 aliphatic heterocycles. The van der Waals surface area contributed by atoms with Crippen LogP contribution in [0.5, 0.6) is 0 Å². The van der Waals surface area contributed by atoms with Crippen LogP contribution in [-0.4, -0.2) is 110 Å². The zero-order valence-corrected chi connectivity index (χ0v) is 18.2. The van der Waals surface area contributed by atoms with Gasteiger partial charge in [-0.2, -0.15) is 7.82 Å². The van der Waals surface area contributed by atoms with Gasteiger partial charge in [-0.1, -0.05) is 0 Å². The maximum Gasteiger partial charge on any atom is 3.00 e. The normalized spacial score (nSPS) is 6.38. The van der Waals surface area contributed by atoms with Gasteiger partial charge in [-0.05, 0) is 0 Å². The van der Waals surface area contributed by atoms with E-state index in [4.69, 9.17) is 33.3 Å². The third-order valence-electron chi connectivity index (χ3n) is 0. The van der Waals surface area contributed by atoms with Crippen LogP contribution >= 0.6 is 7.82 Å². The van der Waals surface area contributed by atoms with Crippen LogP contribution in [0.2, 0.25) is 0 Å². The Morgan fingerprint density at radius 3 is 1.08 bits per heavy atom. The Kier molecular flexibility index (Phi) is 58.0. The predicted octanol–water partition coefficient (Wildman–Crippen LogP) is -6.85. The van der Waals surface area contributed by atoms with Crippen LogP contribution in [0.4, 0.5) is 0 Å². The van der Waals surface area contributed by atoms with Gasteiger partial charge >= 0.3 is 120 Å². The SMILES string of the molecule is O=P([O-])([O-])[O-].O=[Si]([O-])[O-].[Al+3].[Ca+2].[Sr+2].[Zn+2]. The molecule has 7 nitrogen and oxygen atoms in total. The van der Waals surface area contributed by atoms with Crippen LogP contribution in [0.3, 0.4) is 0 Å². The van der Waals surface area contributed by atoms with Crippen LogP contribution in [0.25, 0.3) is 0 Å². The summed E-state index contributed by atoms with van der Waals surface area (Å²) in [7, 11) is -9.02. The molecule has 0 N–H and O–H groups in total. The van der Waals surface area contributed by atoms with Crippen LogP contribution in [0.1, 0.15) is 0 Å². The summed E-state index contributed by atoms with van der Waals surface area (Å²) < 4.78 is 17.1. The Bertz CT molecular complexity index is 128. The van der Waals surface area contributed by atoms with E-state index in [1.54, 1.807) is 0 Å². The molecule has 0 aliphatic carbocycles. The van der Waals surface area contributed by atoms with Gasteiger partial charge in [0.05, 0.1) is 0 Å². The summed E-state index contributed by atoms with van der Waals surface area (Å²) in [5.74, 6) is 0. The topological polar surface area (TPSA) is 149 Å². The molecule has 0 spiro atoms. The van der Waals surface area contributed by atoms with Crippen LogP contribution < -0.4 is 24.3 Å². The monoisotopic (exact) mass is 390 g/mol. The Hall–Kier alpha value is 3.62. The molecule has 13 heteroatoms. The third kappa shape index (κ3) is 221. The van der Waals surface area contributed by atoms with E-state index in [-0.39, 0.29) is 120 Å². The fraction of sp³-hybridized carbons (Fsp3) is 0. The number of hydrogen-bond donors (Lipinski definition) is 0. The molecule has 0 amide bonds. The standard InChI is InChI=1S/Al.Ca.H3O4P.O3Si.Sr.Zn/c;;1-5(2,3)4;1-4(2)3;;/h;;(H3,1,2,3,4);;;/q+3;+2;;-2;2*+2/p-3. The minimum atomic E-state index is -5.39. The van der Waals surface area contributed by atoms with Gasteiger partial charge in [-0.3, -0.25) is 0 Å². The average molecular weight is 391 g/mol. The van der Waals surface area contributed by atoms with Gasteiger partial charge < -0.3 is 33.3 Å². The molecule has 0 rings (SSSR count). The zero-order valence-electron chi connectivity index (χ0n) is 6.50. The van der Waals surface area contributed by atoms with Crippen molar-refractivity contribution in [1.82, 2.24) is 0 Å². The molecule has 0 unspecified atom stereocenters. The summed E-state index contributed by atoms with van der Waals surface area (Å²) in [5.41, 5.74) is 0. The van der Waals surface area contributed by atoms with E-state index in [0.717, 1.165) is 0 Å². The zero-order chi connectivity index (χ0) is 8.08. The number of phosphoric acid groups is 1. The van der Waals surface area contributed by atoms with Crippen molar-refractivity contribution in [3.63, 3.8) is 0 Å².